The maximum absolute atomic E-state index is 10.0. The maximum Gasteiger partial charge on any atom is 0.138 e. The van der Waals surface area contributed by atoms with Crippen LogP contribution >= 0.6 is 0 Å². The van der Waals surface area contributed by atoms with E-state index in [0.29, 0.717) is 24.2 Å². The largest absolute Gasteiger partial charge is 0.392 e. The first-order valence-corrected chi connectivity index (χ1v) is 6.12. The van der Waals surface area contributed by atoms with E-state index < -0.39 is 0 Å². The summed E-state index contributed by atoms with van der Waals surface area (Å²) in [6.45, 7) is 7.38. The van der Waals surface area contributed by atoms with Gasteiger partial charge in [0.1, 0.15) is 12.2 Å². The third-order valence-electron chi connectivity index (χ3n) is 3.29. The van der Waals surface area contributed by atoms with Crippen molar-refractivity contribution in [1.82, 2.24) is 14.8 Å². The van der Waals surface area contributed by atoms with Gasteiger partial charge in [0.15, 0.2) is 0 Å². The minimum absolute atomic E-state index is 0.245. The van der Waals surface area contributed by atoms with Crippen molar-refractivity contribution >= 4 is 0 Å². The Morgan fingerprint density at radius 2 is 2.25 bits per heavy atom. The summed E-state index contributed by atoms with van der Waals surface area (Å²) in [7, 11) is 0. The summed E-state index contributed by atoms with van der Waals surface area (Å²) < 4.78 is 1.92. The van der Waals surface area contributed by atoms with Crippen LogP contribution in [0.25, 0.3) is 0 Å². The van der Waals surface area contributed by atoms with Crippen molar-refractivity contribution in [3.8, 4) is 0 Å². The lowest BCUT2D eigenvalue weighted by Crippen LogP contribution is -2.19. The minimum atomic E-state index is -0.245. The van der Waals surface area contributed by atoms with Crippen molar-refractivity contribution < 1.29 is 5.11 Å². The van der Waals surface area contributed by atoms with E-state index in [1.807, 2.05) is 4.68 Å². The normalized spacial score (nSPS) is 26.1. The zero-order chi connectivity index (χ0) is 11.7. The number of aliphatic hydroxyl groups is 1. The molecule has 3 atom stereocenters. The van der Waals surface area contributed by atoms with Crippen LogP contribution < -0.4 is 0 Å². The van der Waals surface area contributed by atoms with Crippen molar-refractivity contribution in [3.05, 3.63) is 12.2 Å². The van der Waals surface area contributed by atoms with Crippen molar-refractivity contribution in [3.63, 3.8) is 0 Å². The lowest BCUT2D eigenvalue weighted by atomic mass is 10.1. The summed E-state index contributed by atoms with van der Waals surface area (Å²) >= 11 is 0. The molecule has 0 spiro atoms. The average Bonchev–Trinajstić information content (AvgIpc) is 2.78. The van der Waals surface area contributed by atoms with Crippen LogP contribution in [-0.4, -0.2) is 26.0 Å². The molecule has 1 saturated carbocycles. The second kappa shape index (κ2) is 4.53. The predicted octanol–water partition coefficient (Wildman–Crippen LogP) is 1.49. The summed E-state index contributed by atoms with van der Waals surface area (Å²) in [6.07, 6.45) is 3.13. The standard InChI is InChI=1S/C12H21N3O/c1-8(2)6-15-12(13-7-14-15)5-11(16)10-4-9(10)3/h7-11,16H,4-6H2,1-3H3. The van der Waals surface area contributed by atoms with Gasteiger partial charge in [0.05, 0.1) is 6.10 Å². The molecule has 1 aliphatic carbocycles. The van der Waals surface area contributed by atoms with Gasteiger partial charge in [-0.25, -0.2) is 9.67 Å². The molecule has 1 aromatic rings. The third-order valence-corrected chi connectivity index (χ3v) is 3.29. The molecule has 16 heavy (non-hydrogen) atoms. The van der Waals surface area contributed by atoms with Gasteiger partial charge in [0, 0.05) is 13.0 Å². The lowest BCUT2D eigenvalue weighted by Gasteiger charge is -2.12. The highest BCUT2D eigenvalue weighted by Gasteiger charge is 2.39. The fourth-order valence-corrected chi connectivity index (χ4v) is 2.17. The number of hydrogen-bond donors (Lipinski definition) is 1. The summed E-state index contributed by atoms with van der Waals surface area (Å²) in [5, 5.41) is 14.2. The highest BCUT2D eigenvalue weighted by molar-refractivity contribution is 4.95. The van der Waals surface area contributed by atoms with Crippen molar-refractivity contribution in [2.45, 2.75) is 46.3 Å². The number of nitrogens with zero attached hydrogens (tertiary/aromatic N) is 3. The third kappa shape index (κ3) is 2.61. The van der Waals surface area contributed by atoms with Gasteiger partial charge in [-0.05, 0) is 24.2 Å². The topological polar surface area (TPSA) is 50.9 Å². The molecule has 1 aromatic heterocycles. The van der Waals surface area contributed by atoms with Gasteiger partial charge in [-0.1, -0.05) is 20.8 Å². The molecule has 1 heterocycles. The second-order valence-electron chi connectivity index (χ2n) is 5.40. The zero-order valence-electron chi connectivity index (χ0n) is 10.3. The Morgan fingerprint density at radius 1 is 1.56 bits per heavy atom. The lowest BCUT2D eigenvalue weighted by molar-refractivity contribution is 0.142. The van der Waals surface area contributed by atoms with E-state index >= 15 is 0 Å². The molecule has 1 aliphatic rings. The number of aromatic nitrogens is 3. The molecule has 0 aromatic carbocycles. The van der Waals surface area contributed by atoms with E-state index in [-0.39, 0.29) is 6.10 Å². The van der Waals surface area contributed by atoms with Crippen LogP contribution in [0.15, 0.2) is 6.33 Å². The first-order chi connectivity index (χ1) is 7.58. The van der Waals surface area contributed by atoms with Gasteiger partial charge in [-0.3, -0.25) is 0 Å². The Hall–Kier alpha value is -0.900. The molecule has 1 fully saturated rings. The molecule has 3 unspecified atom stereocenters. The summed E-state index contributed by atoms with van der Waals surface area (Å²) in [6, 6.07) is 0. The van der Waals surface area contributed by atoms with Crippen LogP contribution in [0.3, 0.4) is 0 Å². The first kappa shape index (κ1) is 11.6. The molecule has 0 amide bonds. The second-order valence-corrected chi connectivity index (χ2v) is 5.40. The Balaban J connectivity index is 1.95. The molecule has 0 bridgehead atoms. The highest BCUT2D eigenvalue weighted by Crippen LogP contribution is 2.41. The molecular formula is C12H21N3O. The molecule has 4 heteroatoms. The molecular weight excluding hydrogens is 202 g/mol. The van der Waals surface area contributed by atoms with Gasteiger partial charge >= 0.3 is 0 Å². The molecule has 0 radical (unpaired) electrons. The van der Waals surface area contributed by atoms with E-state index in [4.69, 9.17) is 0 Å². The highest BCUT2D eigenvalue weighted by atomic mass is 16.3. The van der Waals surface area contributed by atoms with E-state index in [2.05, 4.69) is 30.9 Å². The molecule has 1 N–H and O–H groups in total. The maximum atomic E-state index is 10.0. The Bertz CT molecular complexity index is 348. The number of hydrogen-bond acceptors (Lipinski definition) is 3. The molecule has 0 aliphatic heterocycles. The Labute approximate surface area is 96.7 Å². The first-order valence-electron chi connectivity index (χ1n) is 6.12. The van der Waals surface area contributed by atoms with Gasteiger partial charge in [-0.15, -0.1) is 0 Å². The van der Waals surface area contributed by atoms with Crippen LogP contribution in [0.5, 0.6) is 0 Å². The molecule has 0 saturated heterocycles. The van der Waals surface area contributed by atoms with E-state index in [9.17, 15) is 5.11 Å². The molecule has 4 nitrogen and oxygen atoms in total. The monoisotopic (exact) mass is 223 g/mol. The average molecular weight is 223 g/mol. The van der Waals surface area contributed by atoms with Crippen LogP contribution in [0, 0.1) is 17.8 Å². The SMILES string of the molecule is CC(C)Cn1ncnc1CC(O)C1CC1C. The van der Waals surface area contributed by atoms with Crippen molar-refractivity contribution in [1.29, 1.82) is 0 Å². The quantitative estimate of drug-likeness (QED) is 0.823. The summed E-state index contributed by atoms with van der Waals surface area (Å²) in [4.78, 5) is 4.24. The van der Waals surface area contributed by atoms with Crippen LogP contribution in [0.2, 0.25) is 0 Å². The van der Waals surface area contributed by atoms with Gasteiger partial charge in [0.25, 0.3) is 0 Å². The van der Waals surface area contributed by atoms with Gasteiger partial charge in [-0.2, -0.15) is 5.10 Å². The van der Waals surface area contributed by atoms with E-state index in [0.717, 1.165) is 18.8 Å². The fourth-order valence-electron chi connectivity index (χ4n) is 2.17. The predicted molar refractivity (Wildman–Crippen MR) is 61.8 cm³/mol. The Kier molecular flexibility index (Phi) is 3.28. The molecule has 2 rings (SSSR count). The van der Waals surface area contributed by atoms with E-state index in [1.54, 1.807) is 6.33 Å². The summed E-state index contributed by atoms with van der Waals surface area (Å²) in [5.74, 6) is 2.62. The van der Waals surface area contributed by atoms with Crippen molar-refractivity contribution in [2.24, 2.45) is 17.8 Å². The van der Waals surface area contributed by atoms with E-state index in [1.165, 1.54) is 0 Å². The zero-order valence-corrected chi connectivity index (χ0v) is 10.3. The number of rotatable bonds is 5. The number of aliphatic hydroxyl groups excluding tert-OH is 1. The molecule has 90 valence electrons. The van der Waals surface area contributed by atoms with Crippen LogP contribution in [0.4, 0.5) is 0 Å². The smallest absolute Gasteiger partial charge is 0.138 e. The van der Waals surface area contributed by atoms with Gasteiger partial charge in [0.2, 0.25) is 0 Å². The van der Waals surface area contributed by atoms with Crippen LogP contribution in [-0.2, 0) is 13.0 Å². The van der Waals surface area contributed by atoms with Gasteiger partial charge < -0.3 is 5.11 Å². The summed E-state index contributed by atoms with van der Waals surface area (Å²) in [5.41, 5.74) is 0. The fraction of sp³-hybridized carbons (Fsp3) is 0.833. The van der Waals surface area contributed by atoms with Crippen LogP contribution in [0.1, 0.15) is 33.0 Å². The van der Waals surface area contributed by atoms with Crippen molar-refractivity contribution in [2.75, 3.05) is 0 Å². The Morgan fingerprint density at radius 3 is 2.81 bits per heavy atom. The minimum Gasteiger partial charge on any atom is -0.392 e.